The Morgan fingerprint density at radius 3 is 3.00 bits per heavy atom. The standard InChI is InChI=1S/C15H12N4/c16-11-3-4-12-10(6-11)7-13-14(18-19-15(12)13)9-2-1-5-17-8-9/h1-6,8H,7,16H2,(H,18,19). The Labute approximate surface area is 110 Å². The Balaban J connectivity index is 1.88. The van der Waals surface area contributed by atoms with Gasteiger partial charge in [0.2, 0.25) is 0 Å². The van der Waals surface area contributed by atoms with Gasteiger partial charge in [0.25, 0.3) is 0 Å². The van der Waals surface area contributed by atoms with Crippen molar-refractivity contribution >= 4 is 5.69 Å². The number of rotatable bonds is 1. The maximum absolute atomic E-state index is 5.85. The summed E-state index contributed by atoms with van der Waals surface area (Å²) >= 11 is 0. The minimum absolute atomic E-state index is 0.805. The van der Waals surface area contributed by atoms with Crippen molar-refractivity contribution in [1.29, 1.82) is 0 Å². The molecule has 0 unspecified atom stereocenters. The maximum Gasteiger partial charge on any atom is 0.0978 e. The highest BCUT2D eigenvalue weighted by molar-refractivity contribution is 5.81. The van der Waals surface area contributed by atoms with Crippen LogP contribution in [0.2, 0.25) is 0 Å². The van der Waals surface area contributed by atoms with E-state index in [1.807, 2.05) is 30.5 Å². The molecule has 0 fully saturated rings. The molecule has 92 valence electrons. The quantitative estimate of drug-likeness (QED) is 0.509. The number of fused-ring (bicyclic) bond motifs is 3. The van der Waals surface area contributed by atoms with Crippen molar-refractivity contribution < 1.29 is 0 Å². The largest absolute Gasteiger partial charge is 0.399 e. The summed E-state index contributed by atoms with van der Waals surface area (Å²) in [5, 5.41) is 7.57. The van der Waals surface area contributed by atoms with E-state index in [1.165, 1.54) is 16.7 Å². The number of H-pyrrole nitrogens is 1. The molecule has 0 radical (unpaired) electrons. The zero-order chi connectivity index (χ0) is 12.8. The molecule has 4 heteroatoms. The number of hydrogen-bond donors (Lipinski definition) is 2. The molecule has 0 amide bonds. The molecular formula is C15H12N4. The maximum atomic E-state index is 5.85. The number of anilines is 1. The van der Waals surface area contributed by atoms with Gasteiger partial charge in [-0.05, 0) is 29.8 Å². The molecule has 0 saturated carbocycles. The molecule has 0 spiro atoms. The Bertz CT molecular complexity index is 759. The molecule has 4 nitrogen and oxygen atoms in total. The summed E-state index contributed by atoms with van der Waals surface area (Å²) < 4.78 is 0. The van der Waals surface area contributed by atoms with Crippen molar-refractivity contribution in [2.75, 3.05) is 5.73 Å². The first-order valence-corrected chi connectivity index (χ1v) is 6.19. The zero-order valence-electron chi connectivity index (χ0n) is 10.2. The van der Waals surface area contributed by atoms with Crippen LogP contribution in [0.15, 0.2) is 42.7 Å². The monoisotopic (exact) mass is 248 g/mol. The molecule has 1 aromatic carbocycles. The molecule has 0 aliphatic heterocycles. The van der Waals surface area contributed by atoms with Crippen LogP contribution in [0.4, 0.5) is 5.69 Å². The van der Waals surface area contributed by atoms with E-state index in [9.17, 15) is 0 Å². The summed E-state index contributed by atoms with van der Waals surface area (Å²) in [7, 11) is 0. The third-order valence-corrected chi connectivity index (χ3v) is 3.57. The number of hydrogen-bond acceptors (Lipinski definition) is 3. The minimum atomic E-state index is 0.805. The Morgan fingerprint density at radius 1 is 1.21 bits per heavy atom. The molecule has 1 aliphatic carbocycles. The lowest BCUT2D eigenvalue weighted by molar-refractivity contribution is 1.09. The summed E-state index contributed by atoms with van der Waals surface area (Å²) in [4.78, 5) is 4.16. The fraction of sp³-hybridized carbons (Fsp3) is 0.0667. The second kappa shape index (κ2) is 3.68. The van der Waals surface area contributed by atoms with Gasteiger partial charge in [-0.3, -0.25) is 10.1 Å². The number of nitrogens with zero attached hydrogens (tertiary/aromatic N) is 2. The molecule has 2 heterocycles. The fourth-order valence-electron chi connectivity index (χ4n) is 2.70. The first-order chi connectivity index (χ1) is 9.33. The number of nitrogens with two attached hydrogens (primary N) is 1. The number of benzene rings is 1. The van der Waals surface area contributed by atoms with Crippen LogP contribution >= 0.6 is 0 Å². The van der Waals surface area contributed by atoms with Gasteiger partial charge in [0.1, 0.15) is 0 Å². The molecule has 2 aromatic heterocycles. The van der Waals surface area contributed by atoms with Crippen LogP contribution in [0.5, 0.6) is 0 Å². The molecule has 0 atom stereocenters. The SMILES string of the molecule is Nc1ccc2c(c1)Cc1c(-c3cccnc3)n[nH]c1-2. The summed E-state index contributed by atoms with van der Waals surface area (Å²) in [6, 6.07) is 9.98. The van der Waals surface area contributed by atoms with E-state index < -0.39 is 0 Å². The van der Waals surface area contributed by atoms with Crippen molar-refractivity contribution in [3.05, 3.63) is 53.9 Å². The van der Waals surface area contributed by atoms with E-state index in [4.69, 9.17) is 5.73 Å². The number of nitrogen functional groups attached to an aromatic ring is 1. The van der Waals surface area contributed by atoms with Gasteiger partial charge in [0.05, 0.1) is 11.4 Å². The van der Waals surface area contributed by atoms with Crippen LogP contribution in [-0.2, 0) is 6.42 Å². The molecule has 1 aliphatic rings. The average molecular weight is 248 g/mol. The zero-order valence-corrected chi connectivity index (χ0v) is 10.2. The summed E-state index contributed by atoms with van der Waals surface area (Å²) in [5.41, 5.74) is 13.5. The summed E-state index contributed by atoms with van der Waals surface area (Å²) in [6.45, 7) is 0. The van der Waals surface area contributed by atoms with Crippen molar-refractivity contribution in [1.82, 2.24) is 15.2 Å². The molecule has 3 aromatic rings. The molecule has 19 heavy (non-hydrogen) atoms. The fourth-order valence-corrected chi connectivity index (χ4v) is 2.70. The van der Waals surface area contributed by atoms with Gasteiger partial charge in [0.15, 0.2) is 0 Å². The number of aromatic amines is 1. The Hall–Kier alpha value is -2.62. The van der Waals surface area contributed by atoms with Gasteiger partial charge < -0.3 is 5.73 Å². The van der Waals surface area contributed by atoms with Crippen LogP contribution in [-0.4, -0.2) is 15.2 Å². The lowest BCUT2D eigenvalue weighted by Gasteiger charge is -2.01. The predicted octanol–water partition coefficient (Wildman–Crippen LogP) is 2.63. The minimum Gasteiger partial charge on any atom is -0.399 e. The van der Waals surface area contributed by atoms with Crippen molar-refractivity contribution in [2.45, 2.75) is 6.42 Å². The van der Waals surface area contributed by atoms with Gasteiger partial charge in [-0.25, -0.2) is 0 Å². The summed E-state index contributed by atoms with van der Waals surface area (Å²) in [6.07, 6.45) is 4.48. The van der Waals surface area contributed by atoms with Crippen molar-refractivity contribution in [2.24, 2.45) is 0 Å². The van der Waals surface area contributed by atoms with E-state index in [0.717, 1.165) is 29.1 Å². The summed E-state index contributed by atoms with van der Waals surface area (Å²) in [5.74, 6) is 0. The van der Waals surface area contributed by atoms with Crippen molar-refractivity contribution in [3.8, 4) is 22.5 Å². The van der Waals surface area contributed by atoms with Crippen LogP contribution in [0.3, 0.4) is 0 Å². The lowest BCUT2D eigenvalue weighted by Crippen LogP contribution is -1.90. The van der Waals surface area contributed by atoms with Gasteiger partial charge >= 0.3 is 0 Å². The molecular weight excluding hydrogens is 236 g/mol. The third kappa shape index (κ3) is 1.46. The van der Waals surface area contributed by atoms with Gasteiger partial charge in [-0.15, -0.1) is 0 Å². The Morgan fingerprint density at radius 2 is 2.16 bits per heavy atom. The smallest absolute Gasteiger partial charge is 0.0978 e. The molecule has 0 bridgehead atoms. The van der Waals surface area contributed by atoms with Crippen LogP contribution in [0, 0.1) is 0 Å². The lowest BCUT2D eigenvalue weighted by atomic mass is 10.1. The normalized spacial score (nSPS) is 12.2. The van der Waals surface area contributed by atoms with E-state index >= 15 is 0 Å². The first kappa shape index (κ1) is 10.3. The average Bonchev–Trinajstić information content (AvgIpc) is 2.97. The van der Waals surface area contributed by atoms with Crippen LogP contribution < -0.4 is 5.73 Å². The van der Waals surface area contributed by atoms with E-state index in [0.29, 0.717) is 0 Å². The molecule has 3 N–H and O–H groups in total. The Kier molecular flexibility index (Phi) is 2.00. The number of aromatic nitrogens is 3. The van der Waals surface area contributed by atoms with Crippen LogP contribution in [0.1, 0.15) is 11.1 Å². The topological polar surface area (TPSA) is 67.6 Å². The highest BCUT2D eigenvalue weighted by atomic mass is 15.1. The van der Waals surface area contributed by atoms with E-state index in [-0.39, 0.29) is 0 Å². The highest BCUT2D eigenvalue weighted by Gasteiger charge is 2.24. The second-order valence-electron chi connectivity index (χ2n) is 4.76. The number of nitrogens with one attached hydrogen (secondary N) is 1. The second-order valence-corrected chi connectivity index (χ2v) is 4.76. The molecule has 0 saturated heterocycles. The van der Waals surface area contributed by atoms with Gasteiger partial charge in [0, 0.05) is 41.2 Å². The highest BCUT2D eigenvalue weighted by Crippen LogP contribution is 2.40. The van der Waals surface area contributed by atoms with E-state index in [1.54, 1.807) is 6.20 Å². The first-order valence-electron chi connectivity index (χ1n) is 6.19. The van der Waals surface area contributed by atoms with Gasteiger partial charge in [-0.2, -0.15) is 5.10 Å². The van der Waals surface area contributed by atoms with Gasteiger partial charge in [-0.1, -0.05) is 6.07 Å². The van der Waals surface area contributed by atoms with E-state index in [2.05, 4.69) is 21.2 Å². The van der Waals surface area contributed by atoms with Crippen molar-refractivity contribution in [3.63, 3.8) is 0 Å². The van der Waals surface area contributed by atoms with Crippen LogP contribution in [0.25, 0.3) is 22.5 Å². The third-order valence-electron chi connectivity index (χ3n) is 3.57. The number of pyridine rings is 1. The predicted molar refractivity (Wildman–Crippen MR) is 74.5 cm³/mol. The molecule has 4 rings (SSSR count).